The Kier molecular flexibility index (Phi) is 8.63. The van der Waals surface area contributed by atoms with Crippen LogP contribution in [0.25, 0.3) is 0 Å². The predicted octanol–water partition coefficient (Wildman–Crippen LogP) is 5.77. The number of ether oxygens (including phenoxy) is 2. The highest BCUT2D eigenvalue weighted by Gasteiger charge is 2.37. The van der Waals surface area contributed by atoms with Gasteiger partial charge in [0.1, 0.15) is 5.76 Å². The minimum atomic E-state index is -3.40. The molecule has 2 saturated heterocycles. The Morgan fingerprint density at radius 2 is 1.67 bits per heavy atom. The molecule has 3 aliphatic rings. The molecule has 8 heteroatoms. The monoisotopic (exact) mass is 445 g/mol. The third-order valence-corrected chi connectivity index (χ3v) is 7.22. The van der Waals surface area contributed by atoms with Crippen LogP contribution in [0.1, 0.15) is 42.8 Å². The second-order valence-electron chi connectivity index (χ2n) is 7.81. The number of likely N-dealkylation sites (N-methyl/N-ethyl adjacent to an activating group) is 1. The van der Waals surface area contributed by atoms with Crippen LogP contribution in [0.15, 0.2) is 36.1 Å². The zero-order valence-electron chi connectivity index (χ0n) is 18.2. The third kappa shape index (κ3) is 6.24. The number of fused-ring (bicyclic) bond motifs is 1. The summed E-state index contributed by atoms with van der Waals surface area (Å²) in [5, 5.41) is 0. The molecule has 174 valence electrons. The molecule has 1 aromatic rings. The zero-order chi connectivity index (χ0) is 21.4. The van der Waals surface area contributed by atoms with Gasteiger partial charge in [-0.05, 0) is 69.8 Å². The summed E-state index contributed by atoms with van der Waals surface area (Å²) in [6.07, 6.45) is 8.19. The van der Waals surface area contributed by atoms with Crippen LogP contribution < -0.4 is 9.47 Å². The lowest BCUT2D eigenvalue weighted by Gasteiger charge is -2.29. The van der Waals surface area contributed by atoms with Crippen molar-refractivity contribution < 1.29 is 31.9 Å². The molecule has 2 unspecified atom stereocenters. The SMILES string of the molecule is CN1CCC2CCC(OP3(=O)OCCCCCO3)=CC21.COc1ccccc1OC.[HH].[HH].[HH]. The highest BCUT2D eigenvalue weighted by Crippen LogP contribution is 2.53. The molecule has 2 atom stereocenters. The second-order valence-corrected chi connectivity index (χ2v) is 9.41. The van der Waals surface area contributed by atoms with Crippen molar-refractivity contribution in [3.63, 3.8) is 0 Å². The summed E-state index contributed by atoms with van der Waals surface area (Å²) < 4.78 is 38.9. The number of para-hydroxylation sites is 2. The molecule has 0 N–H and O–H groups in total. The summed E-state index contributed by atoms with van der Waals surface area (Å²) in [5.41, 5.74) is 0. The largest absolute Gasteiger partial charge is 0.529 e. The Morgan fingerprint density at radius 1 is 1.03 bits per heavy atom. The molecule has 2 aliphatic heterocycles. The molecule has 2 fully saturated rings. The van der Waals surface area contributed by atoms with E-state index in [0.29, 0.717) is 25.2 Å². The minimum absolute atomic E-state index is 0. The fourth-order valence-electron chi connectivity index (χ4n) is 4.06. The lowest BCUT2D eigenvalue weighted by Crippen LogP contribution is -2.30. The fraction of sp³-hybridized carbons (Fsp3) is 0.636. The van der Waals surface area contributed by atoms with Crippen LogP contribution in [0, 0.1) is 5.92 Å². The van der Waals surface area contributed by atoms with Crippen LogP contribution in [0.2, 0.25) is 0 Å². The van der Waals surface area contributed by atoms with Gasteiger partial charge in [-0.25, -0.2) is 4.57 Å². The number of hydrogen-bond acceptors (Lipinski definition) is 7. The smallest absolute Gasteiger partial charge is 0.493 e. The van der Waals surface area contributed by atoms with Crippen molar-refractivity contribution >= 4 is 7.82 Å². The van der Waals surface area contributed by atoms with Gasteiger partial charge in [0.2, 0.25) is 0 Å². The summed E-state index contributed by atoms with van der Waals surface area (Å²) in [4.78, 5) is 2.34. The van der Waals surface area contributed by atoms with Crippen molar-refractivity contribution in [2.45, 2.75) is 44.6 Å². The van der Waals surface area contributed by atoms with Crippen LogP contribution in [-0.4, -0.2) is 52.0 Å². The van der Waals surface area contributed by atoms with Gasteiger partial charge in [0.05, 0.1) is 27.4 Å². The van der Waals surface area contributed by atoms with Gasteiger partial charge in [-0.1, -0.05) is 12.1 Å². The number of hydrogen-bond donors (Lipinski definition) is 0. The summed E-state index contributed by atoms with van der Waals surface area (Å²) in [5.74, 6) is 3.03. The van der Waals surface area contributed by atoms with Crippen LogP contribution in [0.3, 0.4) is 0 Å². The number of benzene rings is 1. The molecule has 0 spiro atoms. The van der Waals surface area contributed by atoms with E-state index >= 15 is 0 Å². The molecule has 2 heterocycles. The Labute approximate surface area is 184 Å². The van der Waals surface area contributed by atoms with Crippen LogP contribution in [0.5, 0.6) is 11.5 Å². The molecule has 0 radical (unpaired) electrons. The van der Waals surface area contributed by atoms with Crippen LogP contribution >= 0.6 is 7.82 Å². The molecule has 0 bridgehead atoms. The van der Waals surface area contributed by atoms with Crippen molar-refractivity contribution in [3.8, 4) is 11.5 Å². The van der Waals surface area contributed by atoms with Gasteiger partial charge in [-0.15, -0.1) is 0 Å². The molecule has 0 amide bonds. The maximum Gasteiger partial charge on any atom is 0.529 e. The normalized spacial score (nSPS) is 26.2. The molecular weight excluding hydrogens is 405 g/mol. The first-order chi connectivity index (χ1) is 14.5. The summed E-state index contributed by atoms with van der Waals surface area (Å²) in [6.45, 7) is 2.04. The van der Waals surface area contributed by atoms with E-state index in [1.165, 1.54) is 6.42 Å². The highest BCUT2D eigenvalue weighted by atomic mass is 31.2. The van der Waals surface area contributed by atoms with Crippen molar-refractivity contribution in [1.29, 1.82) is 0 Å². The van der Waals surface area contributed by atoms with Crippen molar-refractivity contribution in [1.82, 2.24) is 4.90 Å². The molecule has 1 aliphatic carbocycles. The Hall–Kier alpha value is -1.53. The van der Waals surface area contributed by atoms with Crippen molar-refractivity contribution in [2.75, 3.05) is 41.0 Å². The number of phosphoric ester groups is 1. The molecule has 4 rings (SSSR count). The standard InChI is InChI=1S/C14H24NO4P.C8H10O2.3H2/c1-15-8-7-12-5-6-13(11-14(12)15)19-20(16)17-9-3-2-4-10-18-20;1-9-7-5-3-4-6-8(7)10-2;;;/h11-12,14H,2-10H2,1H3;3-6H,1-2H3;3*1H. The average Bonchev–Trinajstić information content (AvgIpc) is 3.12. The second kappa shape index (κ2) is 11.2. The van der Waals surface area contributed by atoms with Gasteiger partial charge >= 0.3 is 7.82 Å². The summed E-state index contributed by atoms with van der Waals surface area (Å²) in [6, 6.07) is 7.94. The van der Waals surface area contributed by atoms with Gasteiger partial charge in [0.15, 0.2) is 11.5 Å². The van der Waals surface area contributed by atoms with Gasteiger partial charge < -0.3 is 14.0 Å². The van der Waals surface area contributed by atoms with Crippen LogP contribution in [0.4, 0.5) is 0 Å². The molecule has 0 aromatic heterocycles. The maximum absolute atomic E-state index is 12.5. The number of likely N-dealkylation sites (tertiary alicyclic amines) is 1. The molecular formula is C22H40NO6P. The quantitative estimate of drug-likeness (QED) is 0.545. The first-order valence-electron chi connectivity index (χ1n) is 10.7. The van der Waals surface area contributed by atoms with E-state index < -0.39 is 7.82 Å². The van der Waals surface area contributed by atoms with Gasteiger partial charge in [0, 0.05) is 16.7 Å². The molecule has 1 aromatic carbocycles. The van der Waals surface area contributed by atoms with Gasteiger partial charge in [0.25, 0.3) is 0 Å². The zero-order valence-corrected chi connectivity index (χ0v) is 19.1. The van der Waals surface area contributed by atoms with E-state index in [2.05, 4.69) is 18.0 Å². The van der Waals surface area contributed by atoms with E-state index in [1.54, 1.807) is 14.2 Å². The van der Waals surface area contributed by atoms with E-state index in [4.69, 9.17) is 23.0 Å². The number of methoxy groups -OCH3 is 2. The molecule has 30 heavy (non-hydrogen) atoms. The third-order valence-electron chi connectivity index (χ3n) is 5.77. The highest BCUT2D eigenvalue weighted by molar-refractivity contribution is 7.48. The lowest BCUT2D eigenvalue weighted by molar-refractivity contribution is 0.113. The Balaban J connectivity index is 0.000000681. The summed E-state index contributed by atoms with van der Waals surface area (Å²) >= 11 is 0. The van der Waals surface area contributed by atoms with E-state index in [-0.39, 0.29) is 4.28 Å². The first kappa shape index (κ1) is 23.1. The number of nitrogens with zero attached hydrogens (tertiary/aromatic N) is 1. The first-order valence-corrected chi connectivity index (χ1v) is 12.2. The maximum atomic E-state index is 12.5. The topological polar surface area (TPSA) is 66.5 Å². The van der Waals surface area contributed by atoms with E-state index in [1.807, 2.05) is 24.3 Å². The fourth-order valence-corrected chi connectivity index (χ4v) is 5.38. The van der Waals surface area contributed by atoms with Gasteiger partial charge in [-0.3, -0.25) is 13.9 Å². The number of rotatable bonds is 4. The number of phosphoric acid groups is 1. The minimum Gasteiger partial charge on any atom is -0.493 e. The van der Waals surface area contributed by atoms with Crippen LogP contribution in [-0.2, 0) is 18.1 Å². The molecule has 0 saturated carbocycles. The Morgan fingerprint density at radius 3 is 2.27 bits per heavy atom. The van der Waals surface area contributed by atoms with E-state index in [0.717, 1.165) is 55.9 Å². The lowest BCUT2D eigenvalue weighted by atomic mass is 9.89. The van der Waals surface area contributed by atoms with Crippen molar-refractivity contribution in [3.05, 3.63) is 36.1 Å². The summed E-state index contributed by atoms with van der Waals surface area (Å²) in [7, 11) is 1.98. The van der Waals surface area contributed by atoms with Crippen molar-refractivity contribution in [2.24, 2.45) is 5.92 Å². The average molecular weight is 446 g/mol. The molecule has 7 nitrogen and oxygen atoms in total. The number of allylic oxidation sites excluding steroid dienone is 1. The predicted molar refractivity (Wildman–Crippen MR) is 122 cm³/mol. The van der Waals surface area contributed by atoms with Gasteiger partial charge in [-0.2, -0.15) is 0 Å². The van der Waals surface area contributed by atoms with E-state index in [9.17, 15) is 4.57 Å². The Bertz CT molecular complexity index is 734.